The number of ether oxygens (including phenoxy) is 1. The minimum atomic E-state index is -0.990. The number of nitrogens with zero attached hydrogens (tertiary/aromatic N) is 1. The summed E-state index contributed by atoms with van der Waals surface area (Å²) >= 11 is 5.57. The molecule has 4 amide bonds. The van der Waals surface area contributed by atoms with Crippen LogP contribution in [0.2, 0.25) is 0 Å². The van der Waals surface area contributed by atoms with E-state index in [-0.39, 0.29) is 31.2 Å². The number of benzene rings is 1. The number of nitrogens with one attached hydrogen (secondary N) is 3. The van der Waals surface area contributed by atoms with Crippen LogP contribution in [0.4, 0.5) is 4.79 Å². The number of primary amides is 1. The predicted molar refractivity (Wildman–Crippen MR) is 115 cm³/mol. The number of hydrogen-bond donors (Lipinski definition) is 4. The molecule has 0 spiro atoms. The van der Waals surface area contributed by atoms with Gasteiger partial charge in [-0.3, -0.25) is 24.8 Å². The van der Waals surface area contributed by atoms with Crippen LogP contribution < -0.4 is 21.2 Å². The second-order valence-electron chi connectivity index (χ2n) is 7.31. The second kappa shape index (κ2) is 11.2. The number of aromatic nitrogens is 1. The Hall–Kier alpha value is -3.27. The number of alkyl halides is 1. The molecule has 0 saturated carbocycles. The molecule has 0 unspecified atom stereocenters. The number of hydrazine groups is 1. The van der Waals surface area contributed by atoms with Gasteiger partial charge in [0, 0.05) is 23.4 Å². The molecule has 0 radical (unpaired) electrons. The summed E-state index contributed by atoms with van der Waals surface area (Å²) in [6, 6.07) is 8.07. The number of fused-ring (bicyclic) bond motifs is 1. The molecule has 11 heteroatoms. The molecule has 31 heavy (non-hydrogen) atoms. The van der Waals surface area contributed by atoms with Gasteiger partial charge in [0.15, 0.2) is 0 Å². The summed E-state index contributed by atoms with van der Waals surface area (Å²) in [7, 11) is 0. The molecule has 1 aromatic heterocycles. The number of nitrogens with two attached hydrogens (primary N) is 1. The van der Waals surface area contributed by atoms with E-state index >= 15 is 0 Å². The quantitative estimate of drug-likeness (QED) is 0.338. The van der Waals surface area contributed by atoms with Crippen LogP contribution in [0.5, 0.6) is 5.88 Å². The Balaban J connectivity index is 2.05. The molecule has 0 aliphatic carbocycles. The molecule has 5 N–H and O–H groups in total. The molecule has 0 aliphatic rings. The first-order valence-electron chi connectivity index (χ1n) is 9.70. The van der Waals surface area contributed by atoms with E-state index < -0.39 is 35.7 Å². The maximum absolute atomic E-state index is 12.7. The fraction of sp³-hybridized carbons (Fsp3) is 0.400. The Morgan fingerprint density at radius 3 is 2.55 bits per heavy atom. The van der Waals surface area contributed by atoms with Gasteiger partial charge in [0.1, 0.15) is 11.9 Å². The number of carbonyl (C=O) groups is 4. The number of carbonyl (C=O) groups excluding carboxylic acids is 4. The number of H-pyrrole nitrogens is 1. The van der Waals surface area contributed by atoms with Gasteiger partial charge in [-0.2, -0.15) is 0 Å². The zero-order valence-corrected chi connectivity index (χ0v) is 18.1. The van der Waals surface area contributed by atoms with Gasteiger partial charge in [0.2, 0.25) is 11.8 Å². The minimum absolute atomic E-state index is 0.0481. The number of hydrogen-bond acceptors (Lipinski definition) is 5. The van der Waals surface area contributed by atoms with Crippen molar-refractivity contribution in [2.45, 2.75) is 32.7 Å². The minimum Gasteiger partial charge on any atom is -0.393 e. The van der Waals surface area contributed by atoms with Crippen molar-refractivity contribution in [1.29, 1.82) is 0 Å². The van der Waals surface area contributed by atoms with E-state index in [0.717, 1.165) is 15.9 Å². The van der Waals surface area contributed by atoms with Crippen LogP contribution >= 0.6 is 11.6 Å². The van der Waals surface area contributed by atoms with Crippen LogP contribution in [0.15, 0.2) is 30.3 Å². The van der Waals surface area contributed by atoms with E-state index in [2.05, 4.69) is 15.7 Å². The second-order valence-corrected chi connectivity index (χ2v) is 7.58. The Labute approximate surface area is 184 Å². The molecule has 1 heterocycles. The fourth-order valence-corrected chi connectivity index (χ4v) is 2.97. The molecule has 0 bridgehead atoms. The summed E-state index contributed by atoms with van der Waals surface area (Å²) in [4.78, 5) is 51.1. The number of aromatic amines is 1. The molecule has 1 aromatic carbocycles. The van der Waals surface area contributed by atoms with Gasteiger partial charge in [0.25, 0.3) is 11.8 Å². The molecule has 0 saturated heterocycles. The third-order valence-electron chi connectivity index (χ3n) is 4.27. The molecule has 10 nitrogen and oxygen atoms in total. The molecular formula is C20H26ClN5O5. The van der Waals surface area contributed by atoms with Crippen LogP contribution in [0.25, 0.3) is 10.9 Å². The van der Waals surface area contributed by atoms with Crippen molar-refractivity contribution in [2.75, 3.05) is 12.4 Å². The lowest BCUT2D eigenvalue weighted by Crippen LogP contribution is -2.55. The van der Waals surface area contributed by atoms with Crippen molar-refractivity contribution < 1.29 is 23.9 Å². The zero-order valence-electron chi connectivity index (χ0n) is 17.3. The first kappa shape index (κ1) is 24.0. The smallest absolute Gasteiger partial charge is 0.393 e. The maximum atomic E-state index is 12.7. The zero-order chi connectivity index (χ0) is 23.0. The lowest BCUT2D eigenvalue weighted by Gasteiger charge is -2.26. The Kier molecular flexibility index (Phi) is 8.68. The van der Waals surface area contributed by atoms with E-state index in [4.69, 9.17) is 22.1 Å². The highest BCUT2D eigenvalue weighted by molar-refractivity contribution is 6.27. The normalized spacial score (nSPS) is 11.7. The monoisotopic (exact) mass is 451 g/mol. The third-order valence-corrected chi connectivity index (χ3v) is 4.49. The number of para-hydroxylation sites is 1. The number of amides is 4. The Morgan fingerprint density at radius 2 is 1.94 bits per heavy atom. The molecule has 168 valence electrons. The molecular weight excluding hydrogens is 426 g/mol. The van der Waals surface area contributed by atoms with Gasteiger partial charge in [-0.05, 0) is 18.4 Å². The summed E-state index contributed by atoms with van der Waals surface area (Å²) in [5.74, 6) is -2.02. The van der Waals surface area contributed by atoms with Crippen molar-refractivity contribution in [3.63, 3.8) is 0 Å². The summed E-state index contributed by atoms with van der Waals surface area (Å²) < 4.78 is 5.27. The van der Waals surface area contributed by atoms with Gasteiger partial charge in [-0.1, -0.05) is 32.0 Å². The number of rotatable bonds is 9. The van der Waals surface area contributed by atoms with Gasteiger partial charge < -0.3 is 20.8 Å². The van der Waals surface area contributed by atoms with Gasteiger partial charge in [0.05, 0.1) is 6.54 Å². The van der Waals surface area contributed by atoms with Gasteiger partial charge >= 0.3 is 6.09 Å². The van der Waals surface area contributed by atoms with Crippen molar-refractivity contribution in [1.82, 2.24) is 20.7 Å². The van der Waals surface area contributed by atoms with E-state index in [9.17, 15) is 19.2 Å². The van der Waals surface area contributed by atoms with Crippen LogP contribution in [-0.2, 0) is 14.4 Å². The highest BCUT2D eigenvalue weighted by Gasteiger charge is 2.26. The summed E-state index contributed by atoms with van der Waals surface area (Å²) in [6.45, 7) is 3.61. The molecule has 1 atom stereocenters. The van der Waals surface area contributed by atoms with Crippen molar-refractivity contribution in [3.05, 3.63) is 30.3 Å². The van der Waals surface area contributed by atoms with Gasteiger partial charge in [-0.25, -0.2) is 4.79 Å². The summed E-state index contributed by atoms with van der Waals surface area (Å²) in [5, 5.41) is 4.29. The largest absolute Gasteiger partial charge is 0.414 e. The lowest BCUT2D eigenvalue weighted by molar-refractivity contribution is -0.141. The van der Waals surface area contributed by atoms with E-state index in [1.807, 2.05) is 38.1 Å². The van der Waals surface area contributed by atoms with Crippen molar-refractivity contribution >= 4 is 46.3 Å². The summed E-state index contributed by atoms with van der Waals surface area (Å²) in [5.41, 5.74) is 8.30. The summed E-state index contributed by atoms with van der Waals surface area (Å²) in [6.07, 6.45) is -0.709. The van der Waals surface area contributed by atoms with Gasteiger partial charge in [-0.15, -0.1) is 11.6 Å². The average Bonchev–Trinajstić information content (AvgIpc) is 3.11. The first-order valence-corrected chi connectivity index (χ1v) is 10.2. The Morgan fingerprint density at radius 1 is 1.23 bits per heavy atom. The maximum Gasteiger partial charge on any atom is 0.414 e. The van der Waals surface area contributed by atoms with E-state index in [0.29, 0.717) is 0 Å². The highest BCUT2D eigenvalue weighted by Crippen LogP contribution is 2.20. The fourth-order valence-electron chi connectivity index (χ4n) is 2.82. The Bertz CT molecular complexity index is 912. The first-order chi connectivity index (χ1) is 14.7. The average molecular weight is 452 g/mol. The van der Waals surface area contributed by atoms with Crippen LogP contribution in [0.3, 0.4) is 0 Å². The van der Waals surface area contributed by atoms with E-state index in [1.165, 1.54) is 0 Å². The van der Waals surface area contributed by atoms with Crippen LogP contribution in [0.1, 0.15) is 26.7 Å². The lowest BCUT2D eigenvalue weighted by atomic mass is 10.0. The topological polar surface area (TPSA) is 147 Å². The third kappa shape index (κ3) is 7.49. The molecule has 0 fully saturated rings. The standard InChI is InChI=1S/C20H26ClN5O5/c1-12(2)9-15(19(29)25-26(18(28)11-21)8-7-16(22)27)24-20(30)31-17-10-13-5-3-4-6-14(13)23-17/h3-6,10,12,15,23H,7-9,11H2,1-2H3,(H2,22,27)(H,24,30)(H,25,29)/t15-/m0/s1. The SMILES string of the molecule is CC(C)C[C@H](NC(=O)Oc1cc2ccccc2[nH]1)C(=O)NN(CCC(N)=O)C(=O)CCl. The van der Waals surface area contributed by atoms with Crippen molar-refractivity contribution in [2.24, 2.45) is 11.7 Å². The van der Waals surface area contributed by atoms with Crippen LogP contribution in [0, 0.1) is 5.92 Å². The van der Waals surface area contributed by atoms with E-state index in [1.54, 1.807) is 6.07 Å². The molecule has 0 aliphatic heterocycles. The highest BCUT2D eigenvalue weighted by atomic mass is 35.5. The van der Waals surface area contributed by atoms with Crippen LogP contribution in [-0.4, -0.2) is 52.3 Å². The van der Waals surface area contributed by atoms with Crippen molar-refractivity contribution in [3.8, 4) is 5.88 Å². The molecule has 2 rings (SSSR count). The number of halogens is 1. The predicted octanol–water partition coefficient (Wildman–Crippen LogP) is 1.65. The molecule has 2 aromatic rings.